The number of nitrogens with one attached hydrogen (secondary N) is 1. The van der Waals surface area contributed by atoms with Gasteiger partial charge in [0, 0.05) is 23.3 Å². The zero-order valence-electron chi connectivity index (χ0n) is 16.0. The largest absolute Gasteiger partial charge is 0.335 e. The van der Waals surface area contributed by atoms with Crippen molar-refractivity contribution in [2.75, 3.05) is 12.4 Å². The van der Waals surface area contributed by atoms with Crippen LogP contribution in [0.4, 0.5) is 10.1 Å². The van der Waals surface area contributed by atoms with Crippen LogP contribution < -0.4 is 5.32 Å². The van der Waals surface area contributed by atoms with E-state index in [1.165, 1.54) is 17.0 Å². The maximum Gasteiger partial charge on any atom is 0.257 e. The Morgan fingerprint density at radius 3 is 2.41 bits per heavy atom. The summed E-state index contributed by atoms with van der Waals surface area (Å²) in [6, 6.07) is 19.8. The van der Waals surface area contributed by atoms with Gasteiger partial charge in [0.05, 0.1) is 11.6 Å². The number of halogens is 2. The summed E-state index contributed by atoms with van der Waals surface area (Å²) in [7, 11) is 1.61. The normalized spacial score (nSPS) is 11.6. The van der Waals surface area contributed by atoms with Gasteiger partial charge in [-0.3, -0.25) is 9.59 Å². The number of carbonyl (C=O) groups excluding carboxylic acids is 2. The van der Waals surface area contributed by atoms with Gasteiger partial charge in [0.2, 0.25) is 0 Å². The molecule has 6 heteroatoms. The molecule has 3 aromatic rings. The zero-order chi connectivity index (χ0) is 21.0. The molecule has 29 heavy (non-hydrogen) atoms. The monoisotopic (exact) mass is 410 g/mol. The van der Waals surface area contributed by atoms with Crippen LogP contribution >= 0.6 is 11.6 Å². The fourth-order valence-electron chi connectivity index (χ4n) is 2.92. The molecule has 2 amide bonds. The fourth-order valence-corrected chi connectivity index (χ4v) is 3.08. The zero-order valence-corrected chi connectivity index (χ0v) is 16.8. The molecule has 0 aliphatic heterocycles. The summed E-state index contributed by atoms with van der Waals surface area (Å²) in [6.07, 6.45) is 0. The van der Waals surface area contributed by atoms with E-state index in [9.17, 15) is 14.0 Å². The number of hydrogen-bond donors (Lipinski definition) is 1. The number of rotatable bonds is 5. The van der Waals surface area contributed by atoms with Crippen LogP contribution in [-0.4, -0.2) is 23.8 Å². The summed E-state index contributed by atoms with van der Waals surface area (Å²) in [4.78, 5) is 26.5. The van der Waals surface area contributed by atoms with E-state index in [1.54, 1.807) is 49.5 Å². The van der Waals surface area contributed by atoms with Crippen LogP contribution in [0.3, 0.4) is 0 Å². The molecule has 0 spiro atoms. The highest BCUT2D eigenvalue weighted by Crippen LogP contribution is 2.25. The number of benzene rings is 3. The van der Waals surface area contributed by atoms with Gasteiger partial charge in [-0.15, -0.1) is 0 Å². The summed E-state index contributed by atoms with van der Waals surface area (Å²) in [5, 5.41) is 3.08. The van der Waals surface area contributed by atoms with Crippen LogP contribution in [0.15, 0.2) is 72.8 Å². The van der Waals surface area contributed by atoms with Crippen LogP contribution in [0, 0.1) is 5.82 Å². The van der Waals surface area contributed by atoms with Crippen LogP contribution in [-0.2, 0) is 0 Å². The molecular weight excluding hydrogens is 391 g/mol. The average Bonchev–Trinajstić information content (AvgIpc) is 2.73. The summed E-state index contributed by atoms with van der Waals surface area (Å²) in [5.41, 5.74) is 1.93. The van der Waals surface area contributed by atoms with E-state index in [-0.39, 0.29) is 22.5 Å². The second-order valence-electron chi connectivity index (χ2n) is 6.66. The fraction of sp³-hybridized carbons (Fsp3) is 0.130. The van der Waals surface area contributed by atoms with Crippen LogP contribution in [0.2, 0.25) is 5.02 Å². The Hall–Kier alpha value is -3.18. The molecular formula is C23H20ClFN2O2. The summed E-state index contributed by atoms with van der Waals surface area (Å²) in [6.45, 7) is 1.84. The third kappa shape index (κ3) is 4.81. The van der Waals surface area contributed by atoms with Gasteiger partial charge in [-0.25, -0.2) is 4.39 Å². The van der Waals surface area contributed by atoms with Gasteiger partial charge in [0.1, 0.15) is 5.82 Å². The minimum absolute atomic E-state index is 0.0442. The lowest BCUT2D eigenvalue weighted by molar-refractivity contribution is 0.0737. The van der Waals surface area contributed by atoms with Crippen molar-refractivity contribution in [2.24, 2.45) is 0 Å². The molecule has 3 aromatic carbocycles. The Kier molecular flexibility index (Phi) is 6.29. The van der Waals surface area contributed by atoms with Gasteiger partial charge < -0.3 is 10.2 Å². The topological polar surface area (TPSA) is 49.4 Å². The minimum atomic E-state index is -0.662. The van der Waals surface area contributed by atoms with Gasteiger partial charge >= 0.3 is 0 Å². The van der Waals surface area contributed by atoms with Crippen LogP contribution in [0.5, 0.6) is 0 Å². The first-order chi connectivity index (χ1) is 13.9. The van der Waals surface area contributed by atoms with Crippen molar-refractivity contribution in [3.8, 4) is 0 Å². The second kappa shape index (κ2) is 8.88. The van der Waals surface area contributed by atoms with Gasteiger partial charge in [-0.2, -0.15) is 0 Å². The van der Waals surface area contributed by atoms with Crippen LogP contribution in [0.1, 0.15) is 39.2 Å². The average molecular weight is 411 g/mol. The molecule has 0 saturated heterocycles. The molecule has 0 heterocycles. The number of amides is 2. The predicted octanol–water partition coefficient (Wildman–Crippen LogP) is 5.56. The molecule has 148 valence electrons. The third-order valence-electron chi connectivity index (χ3n) is 4.73. The number of carbonyl (C=O) groups is 2. The van der Waals surface area contributed by atoms with Crippen molar-refractivity contribution < 1.29 is 14.0 Å². The van der Waals surface area contributed by atoms with Crippen molar-refractivity contribution in [3.05, 3.63) is 100 Å². The Labute approximate surface area is 173 Å². The van der Waals surface area contributed by atoms with E-state index in [4.69, 9.17) is 11.6 Å². The van der Waals surface area contributed by atoms with E-state index in [1.807, 2.05) is 19.1 Å². The van der Waals surface area contributed by atoms with Gasteiger partial charge in [-0.05, 0) is 55.0 Å². The summed E-state index contributed by atoms with van der Waals surface area (Å²) in [5.74, 6) is -1.33. The highest BCUT2D eigenvalue weighted by Gasteiger charge is 2.22. The highest BCUT2D eigenvalue weighted by molar-refractivity contribution is 6.30. The van der Waals surface area contributed by atoms with Crippen molar-refractivity contribution >= 4 is 29.1 Å². The quantitative estimate of drug-likeness (QED) is 0.598. The van der Waals surface area contributed by atoms with Gasteiger partial charge in [0.25, 0.3) is 11.8 Å². The first-order valence-electron chi connectivity index (χ1n) is 9.05. The molecule has 0 bridgehead atoms. The number of anilines is 1. The summed E-state index contributed by atoms with van der Waals surface area (Å²) >= 11 is 5.76. The molecule has 1 N–H and O–H groups in total. The van der Waals surface area contributed by atoms with Gasteiger partial charge in [-0.1, -0.05) is 41.9 Å². The molecule has 0 radical (unpaired) electrons. The van der Waals surface area contributed by atoms with E-state index < -0.39 is 11.7 Å². The van der Waals surface area contributed by atoms with E-state index >= 15 is 0 Å². The Morgan fingerprint density at radius 2 is 1.72 bits per heavy atom. The predicted molar refractivity (Wildman–Crippen MR) is 113 cm³/mol. The highest BCUT2D eigenvalue weighted by atomic mass is 35.5. The molecule has 0 unspecified atom stereocenters. The maximum atomic E-state index is 14.1. The van der Waals surface area contributed by atoms with Crippen molar-refractivity contribution in [3.63, 3.8) is 0 Å². The standard InChI is InChI=1S/C23H20ClFN2O2/c1-15(27(2)23(29)20-12-11-18(24)14-21(20)25)17-9-6-10-19(13-17)26-22(28)16-7-4-3-5-8-16/h3-15H,1-2H3,(H,26,28)/t15-/m0/s1. The maximum absolute atomic E-state index is 14.1. The van der Waals surface area contributed by atoms with E-state index in [0.717, 1.165) is 11.6 Å². The van der Waals surface area contributed by atoms with Gasteiger partial charge in [0.15, 0.2) is 0 Å². The minimum Gasteiger partial charge on any atom is -0.335 e. The lowest BCUT2D eigenvalue weighted by atomic mass is 10.0. The van der Waals surface area contributed by atoms with Crippen LogP contribution in [0.25, 0.3) is 0 Å². The van der Waals surface area contributed by atoms with E-state index in [2.05, 4.69) is 5.32 Å². The molecule has 0 saturated carbocycles. The summed E-state index contributed by atoms with van der Waals surface area (Å²) < 4.78 is 14.1. The van der Waals surface area contributed by atoms with E-state index in [0.29, 0.717) is 11.3 Å². The lowest BCUT2D eigenvalue weighted by Crippen LogP contribution is -2.30. The SMILES string of the molecule is C[C@@H](c1cccc(NC(=O)c2ccccc2)c1)N(C)C(=O)c1ccc(Cl)cc1F. The molecule has 0 fully saturated rings. The molecule has 3 rings (SSSR count). The van der Waals surface area contributed by atoms with Crippen molar-refractivity contribution in [2.45, 2.75) is 13.0 Å². The first kappa shape index (κ1) is 20.6. The Morgan fingerprint density at radius 1 is 1.00 bits per heavy atom. The lowest BCUT2D eigenvalue weighted by Gasteiger charge is -2.26. The third-order valence-corrected chi connectivity index (χ3v) is 4.96. The molecule has 0 aliphatic carbocycles. The Bertz CT molecular complexity index is 1040. The smallest absolute Gasteiger partial charge is 0.257 e. The molecule has 1 atom stereocenters. The van der Waals surface area contributed by atoms with Crippen molar-refractivity contribution in [1.29, 1.82) is 0 Å². The van der Waals surface area contributed by atoms with Crippen molar-refractivity contribution in [1.82, 2.24) is 4.90 Å². The number of hydrogen-bond acceptors (Lipinski definition) is 2. The molecule has 0 aliphatic rings. The second-order valence-corrected chi connectivity index (χ2v) is 7.10. The number of nitrogens with zero attached hydrogens (tertiary/aromatic N) is 1. The Balaban J connectivity index is 1.77. The molecule has 4 nitrogen and oxygen atoms in total. The molecule has 0 aromatic heterocycles. The first-order valence-corrected chi connectivity index (χ1v) is 9.43.